The predicted molar refractivity (Wildman–Crippen MR) is 64.4 cm³/mol. The summed E-state index contributed by atoms with van der Waals surface area (Å²) in [6, 6.07) is 3.32. The number of amides is 2. The second-order valence-electron chi connectivity index (χ2n) is 4.12. The van der Waals surface area contributed by atoms with Crippen LogP contribution < -0.4 is 10.6 Å². The summed E-state index contributed by atoms with van der Waals surface area (Å²) in [4.78, 5) is 26.7. The fourth-order valence-electron chi connectivity index (χ4n) is 1.14. The number of hydrogen-bond donors (Lipinski definition) is 2. The quantitative estimate of drug-likeness (QED) is 0.784. The Hall–Kier alpha value is -1.91. The van der Waals surface area contributed by atoms with Crippen LogP contribution >= 0.6 is 0 Å². The topological polar surface area (TPSA) is 71.1 Å². The smallest absolute Gasteiger partial charge is 0.253 e. The Kier molecular flexibility index (Phi) is 5.13. The summed E-state index contributed by atoms with van der Waals surface area (Å²) in [5.41, 5.74) is 0.448. The molecule has 0 aliphatic rings. The Bertz CT molecular complexity index is 377. The van der Waals surface area contributed by atoms with E-state index in [-0.39, 0.29) is 18.4 Å². The zero-order chi connectivity index (χ0) is 12.7. The lowest BCUT2D eigenvalue weighted by Gasteiger charge is -2.08. The molecule has 5 nitrogen and oxygen atoms in total. The molecule has 0 saturated carbocycles. The summed E-state index contributed by atoms with van der Waals surface area (Å²) in [5.74, 6) is -0.0817. The summed E-state index contributed by atoms with van der Waals surface area (Å²) in [5, 5.41) is 5.25. The van der Waals surface area contributed by atoms with Crippen molar-refractivity contribution in [2.75, 3.05) is 13.1 Å². The second-order valence-corrected chi connectivity index (χ2v) is 4.12. The van der Waals surface area contributed by atoms with Crippen molar-refractivity contribution in [2.45, 2.75) is 13.8 Å². The Balaban J connectivity index is 2.31. The third kappa shape index (κ3) is 5.10. The van der Waals surface area contributed by atoms with Gasteiger partial charge >= 0.3 is 0 Å². The number of rotatable bonds is 5. The van der Waals surface area contributed by atoms with Crippen LogP contribution in [0.2, 0.25) is 0 Å². The van der Waals surface area contributed by atoms with E-state index in [1.807, 2.05) is 13.8 Å². The van der Waals surface area contributed by atoms with Crippen molar-refractivity contribution in [3.05, 3.63) is 30.1 Å². The highest BCUT2D eigenvalue weighted by Crippen LogP contribution is 1.94. The van der Waals surface area contributed by atoms with E-state index in [0.717, 1.165) is 0 Å². The summed E-state index contributed by atoms with van der Waals surface area (Å²) in [6.07, 6.45) is 3.05. The number of pyridine rings is 1. The molecule has 0 fully saturated rings. The highest BCUT2D eigenvalue weighted by Gasteiger charge is 2.07. The Morgan fingerprint density at radius 3 is 2.71 bits per heavy atom. The van der Waals surface area contributed by atoms with Gasteiger partial charge in [-0.05, 0) is 18.1 Å². The fourth-order valence-corrected chi connectivity index (χ4v) is 1.14. The largest absolute Gasteiger partial charge is 0.354 e. The number of carbonyl (C=O) groups is 2. The molecule has 0 atom stereocenters. The molecule has 1 rings (SSSR count). The maximum Gasteiger partial charge on any atom is 0.253 e. The van der Waals surface area contributed by atoms with E-state index in [9.17, 15) is 9.59 Å². The van der Waals surface area contributed by atoms with Gasteiger partial charge in [-0.3, -0.25) is 14.6 Å². The first-order valence-corrected chi connectivity index (χ1v) is 5.54. The fraction of sp³-hybridized carbons (Fsp3) is 0.417. The average Bonchev–Trinajstić information content (AvgIpc) is 2.34. The SMILES string of the molecule is CC(C)CNC(=O)CNC(=O)c1cccnc1. The zero-order valence-corrected chi connectivity index (χ0v) is 10.1. The van der Waals surface area contributed by atoms with E-state index in [1.54, 1.807) is 18.3 Å². The third-order valence-corrected chi connectivity index (χ3v) is 2.04. The van der Waals surface area contributed by atoms with E-state index >= 15 is 0 Å². The Morgan fingerprint density at radius 1 is 1.35 bits per heavy atom. The van der Waals surface area contributed by atoms with Gasteiger partial charge in [0.2, 0.25) is 5.91 Å². The molecule has 1 aromatic heterocycles. The van der Waals surface area contributed by atoms with Crippen LogP contribution in [0, 0.1) is 5.92 Å². The Morgan fingerprint density at radius 2 is 2.12 bits per heavy atom. The summed E-state index contributed by atoms with van der Waals surface area (Å²) in [6.45, 7) is 4.62. The van der Waals surface area contributed by atoms with Crippen LogP contribution in [0.3, 0.4) is 0 Å². The maximum atomic E-state index is 11.6. The molecule has 17 heavy (non-hydrogen) atoms. The van der Waals surface area contributed by atoms with E-state index in [4.69, 9.17) is 0 Å². The molecule has 0 aliphatic carbocycles. The molecule has 92 valence electrons. The normalized spacial score (nSPS) is 10.1. The number of carbonyl (C=O) groups excluding carboxylic acids is 2. The van der Waals surface area contributed by atoms with E-state index in [1.165, 1.54) is 6.20 Å². The van der Waals surface area contributed by atoms with Crippen molar-refractivity contribution in [3.63, 3.8) is 0 Å². The predicted octanol–water partition coefficient (Wildman–Crippen LogP) is 0.584. The van der Waals surface area contributed by atoms with Crippen molar-refractivity contribution >= 4 is 11.8 Å². The van der Waals surface area contributed by atoms with Crippen LogP contribution in [-0.4, -0.2) is 29.9 Å². The van der Waals surface area contributed by atoms with Crippen molar-refractivity contribution in [3.8, 4) is 0 Å². The van der Waals surface area contributed by atoms with Crippen LogP contribution in [0.25, 0.3) is 0 Å². The van der Waals surface area contributed by atoms with Gasteiger partial charge in [0, 0.05) is 18.9 Å². The molecule has 0 aliphatic heterocycles. The number of nitrogens with zero attached hydrogens (tertiary/aromatic N) is 1. The molecule has 1 aromatic rings. The van der Waals surface area contributed by atoms with Crippen molar-refractivity contribution < 1.29 is 9.59 Å². The highest BCUT2D eigenvalue weighted by molar-refractivity contribution is 5.96. The molecule has 2 amide bonds. The van der Waals surface area contributed by atoms with Crippen LogP contribution in [-0.2, 0) is 4.79 Å². The van der Waals surface area contributed by atoms with E-state index in [0.29, 0.717) is 18.0 Å². The van der Waals surface area contributed by atoms with Crippen molar-refractivity contribution in [1.82, 2.24) is 15.6 Å². The van der Waals surface area contributed by atoms with E-state index < -0.39 is 0 Å². The van der Waals surface area contributed by atoms with Gasteiger partial charge in [-0.2, -0.15) is 0 Å². The number of aromatic nitrogens is 1. The lowest BCUT2D eigenvalue weighted by Crippen LogP contribution is -2.38. The minimum Gasteiger partial charge on any atom is -0.354 e. The van der Waals surface area contributed by atoms with Gasteiger partial charge < -0.3 is 10.6 Å². The summed E-state index contributed by atoms with van der Waals surface area (Å²) < 4.78 is 0. The average molecular weight is 235 g/mol. The monoisotopic (exact) mass is 235 g/mol. The van der Waals surface area contributed by atoms with Crippen LogP contribution in [0.5, 0.6) is 0 Å². The first kappa shape index (κ1) is 13.2. The van der Waals surface area contributed by atoms with E-state index in [2.05, 4.69) is 15.6 Å². The minimum atomic E-state index is -0.294. The molecule has 1 heterocycles. The molecule has 0 aromatic carbocycles. The first-order valence-electron chi connectivity index (χ1n) is 5.54. The van der Waals surface area contributed by atoms with Crippen molar-refractivity contribution in [1.29, 1.82) is 0 Å². The molecule has 0 saturated heterocycles. The molecular formula is C12H17N3O2. The summed E-state index contributed by atoms with van der Waals surface area (Å²) >= 11 is 0. The van der Waals surface area contributed by atoms with Gasteiger partial charge in [0.1, 0.15) is 0 Å². The molecule has 0 bridgehead atoms. The maximum absolute atomic E-state index is 11.6. The first-order chi connectivity index (χ1) is 8.09. The standard InChI is InChI=1S/C12H17N3O2/c1-9(2)6-14-11(16)8-15-12(17)10-4-3-5-13-7-10/h3-5,7,9H,6,8H2,1-2H3,(H,14,16)(H,15,17). The van der Waals surface area contributed by atoms with Crippen LogP contribution in [0.1, 0.15) is 24.2 Å². The molecule has 0 spiro atoms. The van der Waals surface area contributed by atoms with Crippen LogP contribution in [0.15, 0.2) is 24.5 Å². The van der Waals surface area contributed by atoms with Gasteiger partial charge in [-0.1, -0.05) is 13.8 Å². The lowest BCUT2D eigenvalue weighted by molar-refractivity contribution is -0.120. The zero-order valence-electron chi connectivity index (χ0n) is 10.1. The summed E-state index contributed by atoms with van der Waals surface area (Å²) in [7, 11) is 0. The molecular weight excluding hydrogens is 218 g/mol. The molecule has 5 heteroatoms. The Labute approximate surface area is 101 Å². The van der Waals surface area contributed by atoms with Gasteiger partial charge in [0.25, 0.3) is 5.91 Å². The van der Waals surface area contributed by atoms with Gasteiger partial charge in [0.05, 0.1) is 12.1 Å². The number of hydrogen-bond acceptors (Lipinski definition) is 3. The van der Waals surface area contributed by atoms with Gasteiger partial charge in [-0.25, -0.2) is 0 Å². The second kappa shape index (κ2) is 6.62. The van der Waals surface area contributed by atoms with Gasteiger partial charge in [-0.15, -0.1) is 0 Å². The molecule has 0 radical (unpaired) electrons. The molecule has 0 unspecified atom stereocenters. The minimum absolute atomic E-state index is 0.0134. The van der Waals surface area contributed by atoms with Crippen molar-refractivity contribution in [2.24, 2.45) is 5.92 Å². The number of nitrogens with one attached hydrogen (secondary N) is 2. The lowest BCUT2D eigenvalue weighted by atomic mass is 10.2. The highest BCUT2D eigenvalue weighted by atomic mass is 16.2. The third-order valence-electron chi connectivity index (χ3n) is 2.04. The molecule has 2 N–H and O–H groups in total. The van der Waals surface area contributed by atoms with Crippen LogP contribution in [0.4, 0.5) is 0 Å². The van der Waals surface area contributed by atoms with Gasteiger partial charge in [0.15, 0.2) is 0 Å².